The van der Waals surface area contributed by atoms with E-state index in [0.717, 1.165) is 6.16 Å². The maximum Gasteiger partial charge on any atom is 0.0935 e. The SMILES string of the molecule is CCCCCP(=O)(C1CCCCC1)C1CCCCC1. The van der Waals surface area contributed by atoms with Gasteiger partial charge in [0.05, 0.1) is 7.14 Å². The molecule has 0 unspecified atom stereocenters. The van der Waals surface area contributed by atoms with Gasteiger partial charge >= 0.3 is 0 Å². The lowest BCUT2D eigenvalue weighted by molar-refractivity contribution is 0.445. The minimum absolute atomic E-state index is 0.612. The van der Waals surface area contributed by atoms with E-state index in [1.54, 1.807) is 0 Å². The Morgan fingerprint density at radius 3 is 1.68 bits per heavy atom. The molecule has 19 heavy (non-hydrogen) atoms. The maximum absolute atomic E-state index is 13.8. The van der Waals surface area contributed by atoms with Crippen LogP contribution in [0.1, 0.15) is 90.4 Å². The average molecular weight is 284 g/mol. The van der Waals surface area contributed by atoms with E-state index in [1.807, 2.05) is 0 Å². The first kappa shape index (κ1) is 15.6. The van der Waals surface area contributed by atoms with Gasteiger partial charge in [-0.3, -0.25) is 0 Å². The molecule has 2 rings (SSSR count). The van der Waals surface area contributed by atoms with Gasteiger partial charge in [0.1, 0.15) is 0 Å². The summed E-state index contributed by atoms with van der Waals surface area (Å²) >= 11 is 0. The second-order valence-electron chi connectivity index (χ2n) is 6.87. The Kier molecular flexibility index (Phi) is 6.46. The third kappa shape index (κ3) is 4.10. The molecule has 0 heterocycles. The van der Waals surface area contributed by atoms with Crippen LogP contribution in [0.2, 0.25) is 0 Å². The smallest absolute Gasteiger partial charge is 0.0935 e. The molecule has 2 aliphatic rings. The molecule has 0 bridgehead atoms. The van der Waals surface area contributed by atoms with E-state index >= 15 is 0 Å². The number of hydrogen-bond donors (Lipinski definition) is 0. The Hall–Kier alpha value is 0.230. The minimum atomic E-state index is -1.90. The zero-order chi connectivity index (χ0) is 13.6. The van der Waals surface area contributed by atoms with Crippen LogP contribution in [0.15, 0.2) is 0 Å². The lowest BCUT2D eigenvalue weighted by Crippen LogP contribution is -2.25. The fraction of sp³-hybridized carbons (Fsp3) is 1.00. The van der Waals surface area contributed by atoms with Crippen molar-refractivity contribution in [2.75, 3.05) is 6.16 Å². The maximum atomic E-state index is 13.8. The van der Waals surface area contributed by atoms with E-state index in [0.29, 0.717) is 11.3 Å². The Balaban J connectivity index is 2.03. The number of rotatable bonds is 6. The van der Waals surface area contributed by atoms with E-state index in [9.17, 15) is 4.57 Å². The van der Waals surface area contributed by atoms with Gasteiger partial charge in [-0.2, -0.15) is 0 Å². The van der Waals surface area contributed by atoms with Gasteiger partial charge in [-0.25, -0.2) is 0 Å². The molecule has 0 aromatic rings. The van der Waals surface area contributed by atoms with Crippen LogP contribution >= 0.6 is 7.14 Å². The molecule has 0 spiro atoms. The first-order valence-electron chi connectivity index (χ1n) is 8.86. The molecular weight excluding hydrogens is 251 g/mol. The lowest BCUT2D eigenvalue weighted by Gasteiger charge is -2.38. The lowest BCUT2D eigenvalue weighted by atomic mass is 9.99. The first-order valence-corrected chi connectivity index (χ1v) is 10.9. The largest absolute Gasteiger partial charge is 0.323 e. The van der Waals surface area contributed by atoms with Crippen molar-refractivity contribution in [3.8, 4) is 0 Å². The van der Waals surface area contributed by atoms with Crippen molar-refractivity contribution >= 4 is 7.14 Å². The van der Waals surface area contributed by atoms with Crippen molar-refractivity contribution in [2.24, 2.45) is 0 Å². The van der Waals surface area contributed by atoms with Crippen LogP contribution in [0.25, 0.3) is 0 Å². The molecule has 2 heteroatoms. The molecule has 112 valence electrons. The highest BCUT2D eigenvalue weighted by Gasteiger charge is 2.40. The van der Waals surface area contributed by atoms with Gasteiger partial charge in [0, 0.05) is 17.5 Å². The summed E-state index contributed by atoms with van der Waals surface area (Å²) in [7, 11) is -1.90. The highest BCUT2D eigenvalue weighted by atomic mass is 31.2. The van der Waals surface area contributed by atoms with Crippen molar-refractivity contribution in [1.82, 2.24) is 0 Å². The van der Waals surface area contributed by atoms with Gasteiger partial charge in [-0.1, -0.05) is 58.3 Å². The van der Waals surface area contributed by atoms with Crippen LogP contribution in [0.4, 0.5) is 0 Å². The number of unbranched alkanes of at least 4 members (excludes halogenated alkanes) is 2. The Bertz CT molecular complexity index is 266. The summed E-state index contributed by atoms with van der Waals surface area (Å²) in [5.74, 6) is 0. The van der Waals surface area contributed by atoms with E-state index in [4.69, 9.17) is 0 Å². The van der Waals surface area contributed by atoms with Crippen molar-refractivity contribution in [3.05, 3.63) is 0 Å². The van der Waals surface area contributed by atoms with Crippen LogP contribution in [0, 0.1) is 0 Å². The molecule has 0 atom stereocenters. The molecule has 1 nitrogen and oxygen atoms in total. The second kappa shape index (κ2) is 7.87. The van der Waals surface area contributed by atoms with Crippen LogP contribution in [0.3, 0.4) is 0 Å². The van der Waals surface area contributed by atoms with E-state index in [1.165, 1.54) is 83.5 Å². The topological polar surface area (TPSA) is 17.1 Å². The minimum Gasteiger partial charge on any atom is -0.323 e. The average Bonchev–Trinajstić information content (AvgIpc) is 2.49. The summed E-state index contributed by atoms with van der Waals surface area (Å²) in [5, 5.41) is 0. The van der Waals surface area contributed by atoms with E-state index in [-0.39, 0.29) is 0 Å². The van der Waals surface area contributed by atoms with Gasteiger partial charge < -0.3 is 4.57 Å². The molecule has 0 saturated heterocycles. The highest BCUT2D eigenvalue weighted by molar-refractivity contribution is 7.65. The molecule has 2 saturated carbocycles. The van der Waals surface area contributed by atoms with Crippen molar-refractivity contribution < 1.29 is 4.57 Å². The third-order valence-electron chi connectivity index (χ3n) is 5.50. The van der Waals surface area contributed by atoms with Crippen molar-refractivity contribution in [3.63, 3.8) is 0 Å². The first-order chi connectivity index (χ1) is 9.27. The molecule has 0 N–H and O–H groups in total. The Morgan fingerprint density at radius 2 is 1.26 bits per heavy atom. The quantitative estimate of drug-likeness (QED) is 0.419. The standard InChI is InChI=1S/C17H33OP/c1-2-3-10-15-19(18,16-11-6-4-7-12-16)17-13-8-5-9-14-17/h16-17H,2-15H2,1H3. The van der Waals surface area contributed by atoms with E-state index in [2.05, 4.69) is 6.92 Å². The molecule has 0 aromatic carbocycles. The predicted octanol–water partition coefficient (Wildman–Crippen LogP) is 6.21. The van der Waals surface area contributed by atoms with Gasteiger partial charge in [-0.15, -0.1) is 0 Å². The van der Waals surface area contributed by atoms with Crippen molar-refractivity contribution in [2.45, 2.75) is 102 Å². The summed E-state index contributed by atoms with van der Waals surface area (Å²) < 4.78 is 13.8. The normalized spacial score (nSPS) is 23.6. The van der Waals surface area contributed by atoms with E-state index < -0.39 is 7.14 Å². The highest BCUT2D eigenvalue weighted by Crippen LogP contribution is 2.63. The molecule has 2 aliphatic carbocycles. The summed E-state index contributed by atoms with van der Waals surface area (Å²) in [5.41, 5.74) is 1.22. The second-order valence-corrected chi connectivity index (χ2v) is 10.5. The Morgan fingerprint density at radius 1 is 0.789 bits per heavy atom. The monoisotopic (exact) mass is 284 g/mol. The number of hydrogen-bond acceptors (Lipinski definition) is 1. The fourth-order valence-corrected chi connectivity index (χ4v) is 8.83. The van der Waals surface area contributed by atoms with Crippen LogP contribution in [-0.4, -0.2) is 17.5 Å². The van der Waals surface area contributed by atoms with Gasteiger partial charge in [-0.05, 0) is 32.1 Å². The molecule has 2 fully saturated rings. The molecular formula is C17H33OP. The third-order valence-corrected chi connectivity index (χ3v) is 10.0. The Labute approximate surface area is 120 Å². The summed E-state index contributed by atoms with van der Waals surface area (Å²) in [6, 6.07) is 0. The molecule has 0 radical (unpaired) electrons. The molecule has 0 amide bonds. The van der Waals surface area contributed by atoms with Crippen molar-refractivity contribution in [1.29, 1.82) is 0 Å². The molecule has 0 aromatic heterocycles. The summed E-state index contributed by atoms with van der Waals surface area (Å²) in [4.78, 5) is 0. The molecule has 0 aliphatic heterocycles. The van der Waals surface area contributed by atoms with Gasteiger partial charge in [0.15, 0.2) is 0 Å². The zero-order valence-electron chi connectivity index (χ0n) is 12.9. The summed E-state index contributed by atoms with van der Waals surface area (Å²) in [6.45, 7) is 2.26. The van der Waals surface area contributed by atoms with Crippen LogP contribution in [-0.2, 0) is 4.57 Å². The predicted molar refractivity (Wildman–Crippen MR) is 85.7 cm³/mol. The summed E-state index contributed by atoms with van der Waals surface area (Å²) in [6.07, 6.45) is 18.1. The fourth-order valence-electron chi connectivity index (χ4n) is 4.31. The van der Waals surface area contributed by atoms with Gasteiger partial charge in [0.2, 0.25) is 0 Å². The van der Waals surface area contributed by atoms with Crippen LogP contribution < -0.4 is 0 Å². The zero-order valence-corrected chi connectivity index (χ0v) is 13.8. The van der Waals surface area contributed by atoms with Crippen LogP contribution in [0.5, 0.6) is 0 Å². The van der Waals surface area contributed by atoms with Gasteiger partial charge in [0.25, 0.3) is 0 Å².